The Morgan fingerprint density at radius 3 is 2.74 bits per heavy atom. The fourth-order valence-electron chi connectivity index (χ4n) is 1.47. The second-order valence-corrected chi connectivity index (χ2v) is 3.98. The Morgan fingerprint density at radius 1 is 1.26 bits per heavy atom. The molecule has 6 nitrogen and oxygen atoms in total. The molecule has 6 heteroatoms. The highest BCUT2D eigenvalue weighted by Gasteiger charge is 2.01. The summed E-state index contributed by atoms with van der Waals surface area (Å²) in [5.74, 6) is -0.123. The number of urea groups is 1. The Bertz CT molecular complexity index is 435. The highest BCUT2D eigenvalue weighted by Crippen LogP contribution is 2.10. The summed E-state index contributed by atoms with van der Waals surface area (Å²) in [7, 11) is 1.58. The first-order valence-electron chi connectivity index (χ1n) is 5.99. The van der Waals surface area contributed by atoms with Crippen LogP contribution in [0.4, 0.5) is 10.5 Å². The first-order chi connectivity index (χ1) is 9.11. The van der Waals surface area contributed by atoms with Crippen molar-refractivity contribution in [2.24, 2.45) is 0 Å². The van der Waals surface area contributed by atoms with Gasteiger partial charge in [0, 0.05) is 32.8 Å². The number of hydrogen-bond donors (Lipinski definition) is 3. The van der Waals surface area contributed by atoms with Gasteiger partial charge in [-0.05, 0) is 17.7 Å². The number of carbonyl (C=O) groups is 2. The second-order valence-electron chi connectivity index (χ2n) is 3.98. The first-order valence-corrected chi connectivity index (χ1v) is 5.99. The molecule has 0 aliphatic heterocycles. The zero-order valence-corrected chi connectivity index (χ0v) is 11.2. The van der Waals surface area contributed by atoms with E-state index in [4.69, 9.17) is 4.74 Å². The van der Waals surface area contributed by atoms with Crippen molar-refractivity contribution < 1.29 is 14.3 Å². The van der Waals surface area contributed by atoms with Gasteiger partial charge in [-0.1, -0.05) is 12.1 Å². The Balaban J connectivity index is 2.40. The molecule has 0 bridgehead atoms. The van der Waals surface area contributed by atoms with Gasteiger partial charge in [-0.3, -0.25) is 4.79 Å². The molecule has 104 valence electrons. The molecule has 0 aromatic heterocycles. The Morgan fingerprint density at radius 2 is 2.05 bits per heavy atom. The lowest BCUT2D eigenvalue weighted by atomic mass is 10.2. The van der Waals surface area contributed by atoms with E-state index in [1.54, 1.807) is 13.2 Å². The molecule has 0 atom stereocenters. The summed E-state index contributed by atoms with van der Waals surface area (Å²) < 4.78 is 4.83. The molecule has 0 saturated carbocycles. The smallest absolute Gasteiger partial charge is 0.315 e. The van der Waals surface area contributed by atoms with Gasteiger partial charge in [0.25, 0.3) is 0 Å². The van der Waals surface area contributed by atoms with Crippen molar-refractivity contribution in [2.45, 2.75) is 13.5 Å². The lowest BCUT2D eigenvalue weighted by molar-refractivity contribution is -0.114. The molecule has 1 aromatic carbocycles. The molecular weight excluding hydrogens is 246 g/mol. The van der Waals surface area contributed by atoms with Crippen LogP contribution in [-0.2, 0) is 16.1 Å². The summed E-state index contributed by atoms with van der Waals surface area (Å²) in [5, 5.41) is 8.07. The number of anilines is 1. The molecule has 0 aliphatic carbocycles. The van der Waals surface area contributed by atoms with Gasteiger partial charge in [-0.15, -0.1) is 0 Å². The number of amides is 3. The Hall–Kier alpha value is -2.08. The molecule has 0 heterocycles. The number of benzene rings is 1. The van der Waals surface area contributed by atoms with Crippen LogP contribution in [0.3, 0.4) is 0 Å². The van der Waals surface area contributed by atoms with Crippen molar-refractivity contribution in [2.75, 3.05) is 25.6 Å². The standard InChI is InChI=1S/C13H19N3O3/c1-10(17)16-12-5-3-4-11(8-12)9-15-13(18)14-6-7-19-2/h3-5,8H,6-7,9H2,1-2H3,(H,16,17)(H2,14,15,18). The van der Waals surface area contributed by atoms with Crippen LogP contribution < -0.4 is 16.0 Å². The van der Waals surface area contributed by atoms with Crippen LogP contribution in [0.15, 0.2) is 24.3 Å². The van der Waals surface area contributed by atoms with E-state index in [9.17, 15) is 9.59 Å². The highest BCUT2D eigenvalue weighted by molar-refractivity contribution is 5.88. The summed E-state index contributed by atoms with van der Waals surface area (Å²) in [6.07, 6.45) is 0. The summed E-state index contributed by atoms with van der Waals surface area (Å²) in [4.78, 5) is 22.3. The molecule has 0 unspecified atom stereocenters. The maximum atomic E-state index is 11.4. The van der Waals surface area contributed by atoms with Gasteiger partial charge in [0.2, 0.25) is 5.91 Å². The largest absolute Gasteiger partial charge is 0.383 e. The number of hydrogen-bond acceptors (Lipinski definition) is 3. The maximum Gasteiger partial charge on any atom is 0.315 e. The minimum atomic E-state index is -0.248. The van der Waals surface area contributed by atoms with Gasteiger partial charge in [-0.25, -0.2) is 4.79 Å². The van der Waals surface area contributed by atoms with E-state index in [1.165, 1.54) is 6.92 Å². The van der Waals surface area contributed by atoms with Crippen LogP contribution >= 0.6 is 0 Å². The summed E-state index contributed by atoms with van der Waals surface area (Å²) in [5.41, 5.74) is 1.62. The van der Waals surface area contributed by atoms with Crippen LogP contribution in [0.5, 0.6) is 0 Å². The molecule has 0 fully saturated rings. The predicted molar refractivity (Wildman–Crippen MR) is 72.9 cm³/mol. The third kappa shape index (κ3) is 6.42. The first kappa shape index (κ1) is 15.0. The van der Waals surface area contributed by atoms with Crippen LogP contribution in [-0.4, -0.2) is 32.2 Å². The number of nitrogens with one attached hydrogen (secondary N) is 3. The number of methoxy groups -OCH3 is 1. The van der Waals surface area contributed by atoms with E-state index in [0.29, 0.717) is 25.4 Å². The van der Waals surface area contributed by atoms with E-state index in [-0.39, 0.29) is 11.9 Å². The zero-order chi connectivity index (χ0) is 14.1. The maximum absolute atomic E-state index is 11.4. The van der Waals surface area contributed by atoms with Crippen molar-refractivity contribution in [3.05, 3.63) is 29.8 Å². The van der Waals surface area contributed by atoms with Crippen LogP contribution in [0, 0.1) is 0 Å². The Kier molecular flexibility index (Phi) is 6.38. The van der Waals surface area contributed by atoms with Crippen molar-refractivity contribution in [1.29, 1.82) is 0 Å². The SMILES string of the molecule is COCCNC(=O)NCc1cccc(NC(C)=O)c1. The minimum Gasteiger partial charge on any atom is -0.383 e. The summed E-state index contributed by atoms with van der Waals surface area (Å²) in [6.45, 7) is 2.79. The lowest BCUT2D eigenvalue weighted by Crippen LogP contribution is -2.36. The molecule has 3 amide bonds. The van der Waals surface area contributed by atoms with E-state index in [0.717, 1.165) is 5.56 Å². The molecule has 0 saturated heterocycles. The summed E-state index contributed by atoms with van der Waals surface area (Å²) >= 11 is 0. The second kappa shape index (κ2) is 8.10. The quantitative estimate of drug-likeness (QED) is 0.674. The topological polar surface area (TPSA) is 79.5 Å². The monoisotopic (exact) mass is 265 g/mol. The van der Waals surface area contributed by atoms with Gasteiger partial charge in [0.05, 0.1) is 6.61 Å². The average molecular weight is 265 g/mol. The molecule has 3 N–H and O–H groups in total. The predicted octanol–water partition coefficient (Wildman–Crippen LogP) is 1.09. The zero-order valence-electron chi connectivity index (χ0n) is 11.2. The molecule has 1 aromatic rings. The van der Waals surface area contributed by atoms with Crippen molar-refractivity contribution in [3.63, 3.8) is 0 Å². The molecule has 1 rings (SSSR count). The van der Waals surface area contributed by atoms with Crippen LogP contribution in [0.25, 0.3) is 0 Å². The lowest BCUT2D eigenvalue weighted by Gasteiger charge is -2.08. The van der Waals surface area contributed by atoms with E-state index >= 15 is 0 Å². The van der Waals surface area contributed by atoms with Gasteiger partial charge in [-0.2, -0.15) is 0 Å². The highest BCUT2D eigenvalue weighted by atomic mass is 16.5. The number of carbonyl (C=O) groups excluding carboxylic acids is 2. The number of rotatable bonds is 6. The third-order valence-electron chi connectivity index (χ3n) is 2.29. The molecule has 0 radical (unpaired) electrons. The van der Waals surface area contributed by atoms with E-state index < -0.39 is 0 Å². The third-order valence-corrected chi connectivity index (χ3v) is 2.29. The minimum absolute atomic E-state index is 0.123. The fraction of sp³-hybridized carbons (Fsp3) is 0.385. The van der Waals surface area contributed by atoms with E-state index in [2.05, 4.69) is 16.0 Å². The average Bonchev–Trinajstić information content (AvgIpc) is 2.36. The van der Waals surface area contributed by atoms with Crippen molar-refractivity contribution in [3.8, 4) is 0 Å². The van der Waals surface area contributed by atoms with Crippen molar-refractivity contribution >= 4 is 17.6 Å². The van der Waals surface area contributed by atoms with Gasteiger partial charge in [0.1, 0.15) is 0 Å². The normalized spacial score (nSPS) is 9.79. The van der Waals surface area contributed by atoms with Crippen LogP contribution in [0.1, 0.15) is 12.5 Å². The number of ether oxygens (including phenoxy) is 1. The molecule has 0 aliphatic rings. The molecular formula is C13H19N3O3. The van der Waals surface area contributed by atoms with E-state index in [1.807, 2.05) is 18.2 Å². The Labute approximate surface area is 112 Å². The molecule has 19 heavy (non-hydrogen) atoms. The van der Waals surface area contributed by atoms with Crippen molar-refractivity contribution in [1.82, 2.24) is 10.6 Å². The summed E-state index contributed by atoms with van der Waals surface area (Å²) in [6, 6.07) is 7.06. The van der Waals surface area contributed by atoms with Gasteiger partial charge < -0.3 is 20.7 Å². The van der Waals surface area contributed by atoms with Gasteiger partial charge >= 0.3 is 6.03 Å². The van der Waals surface area contributed by atoms with Gasteiger partial charge in [0.15, 0.2) is 0 Å². The van der Waals surface area contributed by atoms with Crippen LogP contribution in [0.2, 0.25) is 0 Å². The molecule has 0 spiro atoms. The fourth-order valence-corrected chi connectivity index (χ4v) is 1.47.